The van der Waals surface area contributed by atoms with Gasteiger partial charge in [0.2, 0.25) is 0 Å². The first-order chi connectivity index (χ1) is 15.2. The van der Waals surface area contributed by atoms with Crippen LogP contribution in [-0.4, -0.2) is 77.4 Å². The smallest absolute Gasteiger partial charge is 0.345 e. The number of carboxylic acid groups (broad SMARTS) is 1. The largest absolute Gasteiger partial charge is 0.477 e. The monoisotopic (exact) mass is 559 g/mol. The lowest BCUT2D eigenvalue weighted by atomic mass is 10.2. The number of aromatic nitrogens is 2. The van der Waals surface area contributed by atoms with Crippen molar-refractivity contribution in [2.45, 2.75) is 24.1 Å². The maximum absolute atomic E-state index is 13.0. The number of piperazine rings is 1. The van der Waals surface area contributed by atoms with Crippen molar-refractivity contribution in [1.29, 1.82) is 0 Å². The third-order valence-corrected chi connectivity index (χ3v) is 11.0. The SMILES string of the molecule is Cc1csc2c(N[C@@H](C)CN3CCN(S(=O)(=O)c4sc(C(=O)O)cc4Br)CC3)ncnc12. The van der Waals surface area contributed by atoms with Crippen LogP contribution >= 0.6 is 38.6 Å². The van der Waals surface area contributed by atoms with Crippen molar-refractivity contribution in [3.05, 3.63) is 32.7 Å². The molecular formula is C19H22BrN5O4S3. The number of halogens is 1. The van der Waals surface area contributed by atoms with Gasteiger partial charge in [-0.3, -0.25) is 4.90 Å². The number of hydrogen-bond donors (Lipinski definition) is 2. The molecule has 1 fully saturated rings. The maximum Gasteiger partial charge on any atom is 0.345 e. The molecule has 9 nitrogen and oxygen atoms in total. The van der Waals surface area contributed by atoms with Crippen LogP contribution in [0.2, 0.25) is 0 Å². The Kier molecular flexibility index (Phi) is 6.84. The van der Waals surface area contributed by atoms with E-state index in [1.807, 2.05) is 6.92 Å². The molecule has 1 aliphatic heterocycles. The number of aromatic carboxylic acids is 1. The third kappa shape index (κ3) is 4.68. The highest BCUT2D eigenvalue weighted by molar-refractivity contribution is 9.10. The van der Waals surface area contributed by atoms with E-state index in [-0.39, 0.29) is 15.1 Å². The summed E-state index contributed by atoms with van der Waals surface area (Å²) in [6.45, 7) is 6.75. The summed E-state index contributed by atoms with van der Waals surface area (Å²) in [6, 6.07) is 1.45. The molecule has 0 radical (unpaired) electrons. The molecule has 0 amide bonds. The van der Waals surface area contributed by atoms with E-state index in [1.54, 1.807) is 17.7 Å². The van der Waals surface area contributed by atoms with Crippen molar-refractivity contribution in [1.82, 2.24) is 19.2 Å². The number of sulfonamides is 1. The predicted octanol–water partition coefficient (Wildman–Crippen LogP) is 3.33. The van der Waals surface area contributed by atoms with Crippen LogP contribution in [0.15, 0.2) is 26.5 Å². The number of carbonyl (C=O) groups is 1. The van der Waals surface area contributed by atoms with Crippen LogP contribution in [0.25, 0.3) is 10.2 Å². The molecule has 4 heterocycles. The standard InChI is InChI=1S/C19H22BrN5O4S3/c1-11-9-30-16-15(11)21-10-22-17(16)23-12(2)8-24-3-5-25(6-4-24)32(28,29)19-13(20)7-14(31-19)18(26)27/h7,9-10,12H,3-6,8H2,1-2H3,(H,26,27)(H,21,22,23)/t12-/m0/s1. The fourth-order valence-electron chi connectivity index (χ4n) is 3.64. The van der Waals surface area contributed by atoms with E-state index in [2.05, 4.69) is 48.4 Å². The Bertz CT molecular complexity index is 1250. The summed E-state index contributed by atoms with van der Waals surface area (Å²) in [7, 11) is -3.74. The van der Waals surface area contributed by atoms with Gasteiger partial charge in [-0.05, 0) is 46.8 Å². The molecule has 0 spiro atoms. The molecular weight excluding hydrogens is 538 g/mol. The molecule has 13 heteroatoms. The highest BCUT2D eigenvalue weighted by atomic mass is 79.9. The van der Waals surface area contributed by atoms with Crippen molar-refractivity contribution in [3.63, 3.8) is 0 Å². The summed E-state index contributed by atoms with van der Waals surface area (Å²) in [4.78, 5) is 22.1. The Morgan fingerprint density at radius 2 is 2.03 bits per heavy atom. The third-order valence-electron chi connectivity index (χ3n) is 5.22. The van der Waals surface area contributed by atoms with E-state index < -0.39 is 16.0 Å². The van der Waals surface area contributed by atoms with E-state index in [0.717, 1.165) is 39.5 Å². The normalized spacial score (nSPS) is 17.0. The molecule has 1 atom stereocenters. The Morgan fingerprint density at radius 3 is 2.69 bits per heavy atom. The fraction of sp³-hybridized carbons (Fsp3) is 0.421. The molecule has 1 saturated heterocycles. The lowest BCUT2D eigenvalue weighted by Gasteiger charge is -2.35. The van der Waals surface area contributed by atoms with Gasteiger partial charge in [0.1, 0.15) is 21.2 Å². The number of rotatable bonds is 7. The summed E-state index contributed by atoms with van der Waals surface area (Å²) in [5.41, 5.74) is 2.10. The second-order valence-electron chi connectivity index (χ2n) is 7.62. The van der Waals surface area contributed by atoms with E-state index in [4.69, 9.17) is 5.11 Å². The molecule has 0 saturated carbocycles. The number of anilines is 1. The summed E-state index contributed by atoms with van der Waals surface area (Å²) in [5.74, 6) is -0.319. The van der Waals surface area contributed by atoms with Gasteiger partial charge < -0.3 is 10.4 Å². The Labute approximate surface area is 202 Å². The first-order valence-electron chi connectivity index (χ1n) is 9.87. The van der Waals surface area contributed by atoms with Crippen LogP contribution in [0.5, 0.6) is 0 Å². The number of aryl methyl sites for hydroxylation is 1. The van der Waals surface area contributed by atoms with Gasteiger partial charge in [-0.1, -0.05) is 0 Å². The van der Waals surface area contributed by atoms with E-state index in [9.17, 15) is 13.2 Å². The van der Waals surface area contributed by atoms with E-state index in [0.29, 0.717) is 30.7 Å². The topological polar surface area (TPSA) is 116 Å². The molecule has 0 bridgehead atoms. The molecule has 32 heavy (non-hydrogen) atoms. The van der Waals surface area contributed by atoms with Crippen LogP contribution < -0.4 is 5.32 Å². The molecule has 172 valence electrons. The van der Waals surface area contributed by atoms with Crippen LogP contribution in [0.4, 0.5) is 5.82 Å². The van der Waals surface area contributed by atoms with Crippen molar-refractivity contribution < 1.29 is 18.3 Å². The summed E-state index contributed by atoms with van der Waals surface area (Å²) < 4.78 is 28.8. The minimum Gasteiger partial charge on any atom is -0.477 e. The molecule has 3 aromatic rings. The molecule has 3 aromatic heterocycles. The zero-order valence-corrected chi connectivity index (χ0v) is 21.4. The zero-order valence-electron chi connectivity index (χ0n) is 17.4. The second-order valence-corrected chi connectivity index (χ2v) is 12.5. The number of hydrogen-bond acceptors (Lipinski definition) is 9. The Hall–Kier alpha value is -1.64. The molecule has 4 rings (SSSR count). The first-order valence-corrected chi connectivity index (χ1v) is 13.8. The van der Waals surface area contributed by atoms with Gasteiger partial charge in [-0.2, -0.15) is 4.31 Å². The van der Waals surface area contributed by atoms with Gasteiger partial charge in [0, 0.05) is 43.2 Å². The van der Waals surface area contributed by atoms with Crippen LogP contribution in [0, 0.1) is 6.92 Å². The fourth-order valence-corrected chi connectivity index (χ4v) is 8.64. The Morgan fingerprint density at radius 1 is 1.31 bits per heavy atom. The summed E-state index contributed by atoms with van der Waals surface area (Å²) >= 11 is 5.59. The van der Waals surface area contributed by atoms with Gasteiger partial charge in [0.05, 0.1) is 10.2 Å². The number of carboxylic acids is 1. The average Bonchev–Trinajstić information content (AvgIpc) is 3.33. The van der Waals surface area contributed by atoms with Crippen molar-refractivity contribution >= 4 is 70.6 Å². The summed E-state index contributed by atoms with van der Waals surface area (Å²) in [6.07, 6.45) is 1.57. The molecule has 0 unspecified atom stereocenters. The first kappa shape index (κ1) is 23.5. The van der Waals surface area contributed by atoms with E-state index in [1.165, 1.54) is 10.4 Å². The van der Waals surface area contributed by atoms with Gasteiger partial charge in [-0.15, -0.1) is 22.7 Å². The number of fused-ring (bicyclic) bond motifs is 1. The van der Waals surface area contributed by atoms with Crippen LogP contribution in [0.1, 0.15) is 22.2 Å². The van der Waals surface area contributed by atoms with Crippen LogP contribution in [-0.2, 0) is 10.0 Å². The molecule has 1 aliphatic rings. The maximum atomic E-state index is 13.0. The Balaban J connectivity index is 1.37. The van der Waals surface area contributed by atoms with Crippen LogP contribution in [0.3, 0.4) is 0 Å². The minimum absolute atomic E-state index is 0.00579. The number of nitrogens with one attached hydrogen (secondary N) is 1. The lowest BCUT2D eigenvalue weighted by Crippen LogP contribution is -2.50. The number of thiophene rings is 2. The minimum atomic E-state index is -3.74. The second kappa shape index (κ2) is 9.31. The quantitative estimate of drug-likeness (QED) is 0.452. The van der Waals surface area contributed by atoms with Crippen molar-refractivity contribution in [3.8, 4) is 0 Å². The summed E-state index contributed by atoms with van der Waals surface area (Å²) in [5, 5.41) is 14.7. The molecule has 0 aromatic carbocycles. The molecule has 2 N–H and O–H groups in total. The van der Waals surface area contributed by atoms with Gasteiger partial charge in [0.25, 0.3) is 10.0 Å². The molecule has 0 aliphatic carbocycles. The predicted molar refractivity (Wildman–Crippen MR) is 129 cm³/mol. The highest BCUT2D eigenvalue weighted by Gasteiger charge is 2.32. The van der Waals surface area contributed by atoms with Gasteiger partial charge in [-0.25, -0.2) is 23.2 Å². The van der Waals surface area contributed by atoms with E-state index >= 15 is 0 Å². The zero-order chi connectivity index (χ0) is 23.0. The highest BCUT2D eigenvalue weighted by Crippen LogP contribution is 2.34. The van der Waals surface area contributed by atoms with Gasteiger partial charge >= 0.3 is 5.97 Å². The average molecular weight is 561 g/mol. The lowest BCUT2D eigenvalue weighted by molar-refractivity contribution is 0.0702. The number of nitrogens with zero attached hydrogens (tertiary/aromatic N) is 4. The van der Waals surface area contributed by atoms with Gasteiger partial charge in [0.15, 0.2) is 0 Å². The van der Waals surface area contributed by atoms with Crippen molar-refractivity contribution in [2.24, 2.45) is 0 Å². The van der Waals surface area contributed by atoms with Crippen molar-refractivity contribution in [2.75, 3.05) is 38.0 Å².